The molecule has 0 aliphatic carbocycles. The summed E-state index contributed by atoms with van der Waals surface area (Å²) in [4.78, 5) is 14.6. The molecule has 0 spiro atoms. The van der Waals surface area contributed by atoms with Crippen LogP contribution in [0.4, 0.5) is 4.39 Å². The molecule has 0 saturated carbocycles. The van der Waals surface area contributed by atoms with Gasteiger partial charge >= 0.3 is 5.97 Å². The molecule has 5 heteroatoms. The second-order valence-corrected chi connectivity index (χ2v) is 4.12. The molecular formula is C12H6FNO2S. The Morgan fingerprint density at radius 3 is 2.59 bits per heavy atom. The maximum absolute atomic E-state index is 12.6. The molecule has 84 valence electrons. The van der Waals surface area contributed by atoms with Crippen molar-refractivity contribution >= 4 is 17.3 Å². The first kappa shape index (κ1) is 11.3. The van der Waals surface area contributed by atoms with Crippen molar-refractivity contribution in [2.45, 2.75) is 0 Å². The van der Waals surface area contributed by atoms with E-state index >= 15 is 0 Å². The number of carbonyl (C=O) groups is 1. The van der Waals surface area contributed by atoms with Crippen molar-refractivity contribution in [1.29, 1.82) is 0 Å². The number of thiazole rings is 1. The summed E-state index contributed by atoms with van der Waals surface area (Å²) in [6, 6.07) is 5.73. The molecule has 3 nitrogen and oxygen atoms in total. The fourth-order valence-corrected chi connectivity index (χ4v) is 1.70. The summed E-state index contributed by atoms with van der Waals surface area (Å²) in [5, 5.41) is 9.12. The molecule has 2 aromatic rings. The maximum Gasteiger partial charge on any atom is 0.347 e. The lowest BCUT2D eigenvalue weighted by Crippen LogP contribution is -1.89. The van der Waals surface area contributed by atoms with E-state index in [0.29, 0.717) is 10.6 Å². The van der Waals surface area contributed by atoms with Crippen LogP contribution in [0.2, 0.25) is 0 Å². The van der Waals surface area contributed by atoms with Gasteiger partial charge in [0.15, 0.2) is 5.01 Å². The van der Waals surface area contributed by atoms with Crippen molar-refractivity contribution in [1.82, 2.24) is 4.98 Å². The Hall–Kier alpha value is -2.19. The van der Waals surface area contributed by atoms with Crippen LogP contribution in [0.5, 0.6) is 0 Å². The summed E-state index contributed by atoms with van der Waals surface area (Å²) >= 11 is 1.01. The summed E-state index contributed by atoms with van der Waals surface area (Å²) in [6.07, 6.45) is 1.27. The number of halogens is 1. The fraction of sp³-hybridized carbons (Fsp3) is 0. The van der Waals surface area contributed by atoms with Crippen LogP contribution in [0, 0.1) is 17.7 Å². The van der Waals surface area contributed by atoms with Crippen molar-refractivity contribution < 1.29 is 14.3 Å². The fourth-order valence-electron chi connectivity index (χ4n) is 1.09. The van der Waals surface area contributed by atoms with Gasteiger partial charge in [-0.3, -0.25) is 0 Å². The average Bonchev–Trinajstić information content (AvgIpc) is 2.77. The lowest BCUT2D eigenvalue weighted by Gasteiger charge is -1.88. The minimum Gasteiger partial charge on any atom is -0.477 e. The summed E-state index contributed by atoms with van der Waals surface area (Å²) in [7, 11) is 0. The number of carboxylic acids is 1. The van der Waals surface area contributed by atoms with E-state index in [1.165, 1.54) is 18.3 Å². The largest absolute Gasteiger partial charge is 0.477 e. The molecule has 1 aromatic carbocycles. The Morgan fingerprint density at radius 1 is 1.29 bits per heavy atom. The molecule has 0 aliphatic rings. The lowest BCUT2D eigenvalue weighted by molar-refractivity contribution is 0.0702. The Labute approximate surface area is 101 Å². The van der Waals surface area contributed by atoms with Gasteiger partial charge in [0.25, 0.3) is 0 Å². The lowest BCUT2D eigenvalue weighted by atomic mass is 10.2. The van der Waals surface area contributed by atoms with Crippen molar-refractivity contribution in [2.24, 2.45) is 0 Å². The molecule has 0 aliphatic heterocycles. The second kappa shape index (κ2) is 4.76. The van der Waals surface area contributed by atoms with Gasteiger partial charge < -0.3 is 5.11 Å². The third-order valence-corrected chi connectivity index (χ3v) is 2.78. The van der Waals surface area contributed by atoms with E-state index in [1.807, 2.05) is 0 Å². The van der Waals surface area contributed by atoms with Crippen LogP contribution < -0.4 is 0 Å². The van der Waals surface area contributed by atoms with E-state index in [9.17, 15) is 9.18 Å². The Kier molecular flexibility index (Phi) is 3.17. The molecule has 17 heavy (non-hydrogen) atoms. The number of aromatic nitrogens is 1. The predicted octanol–water partition coefficient (Wildman–Crippen LogP) is 2.38. The first-order valence-electron chi connectivity index (χ1n) is 4.62. The third-order valence-electron chi connectivity index (χ3n) is 1.87. The number of hydrogen-bond acceptors (Lipinski definition) is 3. The summed E-state index contributed by atoms with van der Waals surface area (Å²) in [5.41, 5.74) is 0.651. The van der Waals surface area contributed by atoms with Crippen LogP contribution in [0.3, 0.4) is 0 Å². The molecule has 0 fully saturated rings. The molecule has 0 radical (unpaired) electrons. The first-order valence-corrected chi connectivity index (χ1v) is 5.43. The second-order valence-electron chi connectivity index (χ2n) is 3.09. The van der Waals surface area contributed by atoms with Gasteiger partial charge in [-0.2, -0.15) is 0 Å². The molecule has 0 bridgehead atoms. The van der Waals surface area contributed by atoms with E-state index in [-0.39, 0.29) is 10.7 Å². The molecular weight excluding hydrogens is 241 g/mol. The normalized spacial score (nSPS) is 9.47. The summed E-state index contributed by atoms with van der Waals surface area (Å²) in [5.74, 6) is 4.17. The number of hydrogen-bond donors (Lipinski definition) is 1. The highest BCUT2D eigenvalue weighted by molar-refractivity contribution is 7.14. The van der Waals surface area contributed by atoms with Gasteiger partial charge in [-0.1, -0.05) is 17.3 Å². The maximum atomic E-state index is 12.6. The van der Waals surface area contributed by atoms with Crippen LogP contribution >= 0.6 is 11.3 Å². The highest BCUT2D eigenvalue weighted by Crippen LogP contribution is 2.11. The van der Waals surface area contributed by atoms with Crippen molar-refractivity contribution in [3.8, 4) is 11.8 Å². The van der Waals surface area contributed by atoms with Gasteiger partial charge in [0.1, 0.15) is 10.7 Å². The van der Waals surface area contributed by atoms with Crippen LogP contribution in [-0.2, 0) is 0 Å². The first-order chi connectivity index (χ1) is 8.15. The zero-order valence-corrected chi connectivity index (χ0v) is 9.29. The number of nitrogens with zero attached hydrogens (tertiary/aromatic N) is 1. The molecule has 0 saturated heterocycles. The molecule has 1 N–H and O–H groups in total. The zero-order valence-electron chi connectivity index (χ0n) is 8.48. The van der Waals surface area contributed by atoms with Gasteiger partial charge in [0, 0.05) is 5.56 Å². The molecule has 0 unspecified atom stereocenters. The Bertz CT molecular complexity index is 607. The van der Waals surface area contributed by atoms with Crippen molar-refractivity contribution in [2.75, 3.05) is 0 Å². The van der Waals surface area contributed by atoms with Gasteiger partial charge in [0.2, 0.25) is 0 Å². The molecule has 0 amide bonds. The van der Waals surface area contributed by atoms with E-state index in [0.717, 1.165) is 11.3 Å². The van der Waals surface area contributed by atoms with E-state index in [1.54, 1.807) is 12.1 Å². The SMILES string of the molecule is O=C(O)c1cnc(C#Cc2ccc(F)cc2)s1. The van der Waals surface area contributed by atoms with E-state index in [4.69, 9.17) is 5.11 Å². The van der Waals surface area contributed by atoms with E-state index in [2.05, 4.69) is 16.8 Å². The van der Waals surface area contributed by atoms with Crippen LogP contribution in [0.15, 0.2) is 30.5 Å². The molecule has 2 rings (SSSR count). The quantitative estimate of drug-likeness (QED) is 0.787. The topological polar surface area (TPSA) is 50.2 Å². The minimum absolute atomic E-state index is 0.147. The van der Waals surface area contributed by atoms with Gasteiger partial charge in [-0.05, 0) is 30.2 Å². The van der Waals surface area contributed by atoms with E-state index < -0.39 is 5.97 Å². The predicted molar refractivity (Wildman–Crippen MR) is 61.5 cm³/mol. The highest BCUT2D eigenvalue weighted by Gasteiger charge is 2.06. The van der Waals surface area contributed by atoms with Gasteiger partial charge in [0.05, 0.1) is 6.20 Å². The Balaban J connectivity index is 2.20. The minimum atomic E-state index is -1.02. The zero-order chi connectivity index (χ0) is 12.3. The summed E-state index contributed by atoms with van der Waals surface area (Å²) in [6.45, 7) is 0. The molecule has 0 atom stereocenters. The summed E-state index contributed by atoms with van der Waals surface area (Å²) < 4.78 is 12.6. The molecule has 1 aromatic heterocycles. The van der Waals surface area contributed by atoms with Crippen molar-refractivity contribution in [3.05, 3.63) is 51.7 Å². The standard InChI is InChI=1S/C12H6FNO2S/c13-9-4-1-8(2-5-9)3-6-11-14-7-10(17-11)12(15)16/h1-2,4-5,7H,(H,15,16). The smallest absolute Gasteiger partial charge is 0.347 e. The highest BCUT2D eigenvalue weighted by atomic mass is 32.1. The molecule has 1 heterocycles. The average molecular weight is 247 g/mol. The number of aromatic carboxylic acids is 1. The number of carboxylic acid groups (broad SMARTS) is 1. The Morgan fingerprint density at radius 2 is 2.00 bits per heavy atom. The van der Waals surface area contributed by atoms with Crippen molar-refractivity contribution in [3.63, 3.8) is 0 Å². The third kappa shape index (κ3) is 2.89. The number of benzene rings is 1. The van der Waals surface area contributed by atoms with Crippen LogP contribution in [0.25, 0.3) is 0 Å². The number of rotatable bonds is 1. The monoisotopic (exact) mass is 247 g/mol. The van der Waals surface area contributed by atoms with Gasteiger partial charge in [-0.15, -0.1) is 0 Å². The van der Waals surface area contributed by atoms with Gasteiger partial charge in [-0.25, -0.2) is 14.2 Å². The van der Waals surface area contributed by atoms with Crippen LogP contribution in [-0.4, -0.2) is 16.1 Å². The van der Waals surface area contributed by atoms with Crippen LogP contribution in [0.1, 0.15) is 20.2 Å².